The molecule has 1 atom stereocenters. The maximum absolute atomic E-state index is 13.2. The van der Waals surface area contributed by atoms with Gasteiger partial charge in [0.2, 0.25) is 0 Å². The van der Waals surface area contributed by atoms with Crippen molar-refractivity contribution in [3.8, 4) is 5.75 Å². The number of nitrogens with zero attached hydrogens (tertiary/aromatic N) is 2. The van der Waals surface area contributed by atoms with E-state index >= 15 is 0 Å². The molecule has 2 fully saturated rings. The minimum absolute atomic E-state index is 0.114. The van der Waals surface area contributed by atoms with Gasteiger partial charge in [-0.1, -0.05) is 28.1 Å². The van der Waals surface area contributed by atoms with Crippen LogP contribution in [0.3, 0.4) is 0 Å². The summed E-state index contributed by atoms with van der Waals surface area (Å²) in [6, 6.07) is 12.1. The van der Waals surface area contributed by atoms with Gasteiger partial charge in [-0.05, 0) is 54.8 Å². The van der Waals surface area contributed by atoms with Gasteiger partial charge in [0.15, 0.2) is 0 Å². The summed E-state index contributed by atoms with van der Waals surface area (Å²) in [5, 5.41) is 11.2. The highest BCUT2D eigenvalue weighted by Gasteiger charge is 2.45. The van der Waals surface area contributed by atoms with Crippen LogP contribution in [-0.4, -0.2) is 73.1 Å². The first-order valence-corrected chi connectivity index (χ1v) is 12.2. The van der Waals surface area contributed by atoms with Crippen molar-refractivity contribution in [2.24, 2.45) is 0 Å². The highest BCUT2D eigenvalue weighted by molar-refractivity contribution is 9.10. The van der Waals surface area contributed by atoms with E-state index in [1.165, 1.54) is 0 Å². The second-order valence-electron chi connectivity index (χ2n) is 8.54. The summed E-state index contributed by atoms with van der Waals surface area (Å²) < 4.78 is 11.6. The number of aliphatic hydroxyl groups excluding tert-OH is 1. The van der Waals surface area contributed by atoms with Crippen LogP contribution in [0.25, 0.3) is 5.76 Å². The quantitative estimate of drug-likeness (QED) is 0.333. The highest BCUT2D eigenvalue weighted by Crippen LogP contribution is 2.40. The van der Waals surface area contributed by atoms with Crippen molar-refractivity contribution >= 4 is 33.4 Å². The van der Waals surface area contributed by atoms with E-state index in [9.17, 15) is 14.7 Å². The number of likely N-dealkylation sites (tertiary alicyclic amines) is 1. The Labute approximate surface area is 208 Å². The van der Waals surface area contributed by atoms with Gasteiger partial charge in [0.25, 0.3) is 11.7 Å². The van der Waals surface area contributed by atoms with Crippen molar-refractivity contribution in [1.29, 1.82) is 0 Å². The molecule has 0 bridgehead atoms. The molecule has 2 aliphatic rings. The van der Waals surface area contributed by atoms with Crippen LogP contribution in [0.2, 0.25) is 0 Å². The zero-order chi connectivity index (χ0) is 24.2. The van der Waals surface area contributed by atoms with E-state index in [4.69, 9.17) is 9.47 Å². The van der Waals surface area contributed by atoms with E-state index in [1.54, 1.807) is 30.2 Å². The van der Waals surface area contributed by atoms with Crippen LogP contribution in [0.5, 0.6) is 5.75 Å². The summed E-state index contributed by atoms with van der Waals surface area (Å²) in [5.74, 6) is -0.732. The zero-order valence-corrected chi connectivity index (χ0v) is 21.0. The summed E-state index contributed by atoms with van der Waals surface area (Å²) in [6.45, 7) is 6.26. The molecule has 2 aromatic rings. The third-order valence-electron chi connectivity index (χ3n) is 6.37. The Balaban J connectivity index is 1.68. The zero-order valence-electron chi connectivity index (χ0n) is 19.4. The molecule has 180 valence electrons. The molecule has 7 nitrogen and oxygen atoms in total. The van der Waals surface area contributed by atoms with Crippen LogP contribution in [0, 0.1) is 6.92 Å². The van der Waals surface area contributed by atoms with Crippen molar-refractivity contribution in [3.05, 3.63) is 69.2 Å². The molecule has 0 spiro atoms. The molecular weight excluding hydrogens is 500 g/mol. The van der Waals surface area contributed by atoms with E-state index in [0.29, 0.717) is 31.1 Å². The number of morpholine rings is 1. The summed E-state index contributed by atoms with van der Waals surface area (Å²) in [5.41, 5.74) is 2.20. The summed E-state index contributed by atoms with van der Waals surface area (Å²) in [6.07, 6.45) is 0.724. The molecule has 1 amide bonds. The number of rotatable bonds is 7. The van der Waals surface area contributed by atoms with Gasteiger partial charge < -0.3 is 19.5 Å². The van der Waals surface area contributed by atoms with E-state index in [0.717, 1.165) is 41.7 Å². The van der Waals surface area contributed by atoms with Crippen molar-refractivity contribution in [3.63, 3.8) is 0 Å². The van der Waals surface area contributed by atoms with E-state index in [1.807, 2.05) is 31.2 Å². The number of benzene rings is 2. The number of halogens is 1. The Kier molecular flexibility index (Phi) is 7.70. The van der Waals surface area contributed by atoms with Gasteiger partial charge in [-0.2, -0.15) is 0 Å². The minimum atomic E-state index is -0.662. The number of carbonyl (C=O) groups is 2. The fraction of sp³-hybridized carbons (Fsp3) is 0.385. The molecule has 2 heterocycles. The Morgan fingerprint density at radius 3 is 2.47 bits per heavy atom. The maximum atomic E-state index is 13.2. The SMILES string of the molecule is COc1ccc(/C(O)=C2\C(=O)C(=O)N(CCCN3CCOCC3)C2c2ccc(Br)cc2)cc1C. The summed E-state index contributed by atoms with van der Waals surface area (Å²) in [4.78, 5) is 30.2. The summed E-state index contributed by atoms with van der Waals surface area (Å²) >= 11 is 3.44. The Hall–Kier alpha value is -2.68. The molecule has 0 aromatic heterocycles. The van der Waals surface area contributed by atoms with Gasteiger partial charge in [-0.15, -0.1) is 0 Å². The molecule has 2 saturated heterocycles. The molecule has 2 aromatic carbocycles. The fourth-order valence-electron chi connectivity index (χ4n) is 4.57. The number of amides is 1. The monoisotopic (exact) mass is 528 g/mol. The average Bonchev–Trinajstić information content (AvgIpc) is 3.09. The van der Waals surface area contributed by atoms with Crippen molar-refractivity contribution in [2.75, 3.05) is 46.5 Å². The van der Waals surface area contributed by atoms with Crippen LogP contribution < -0.4 is 4.74 Å². The number of Topliss-reactive ketones (excluding diaryl/α,β-unsaturated/α-hetero) is 1. The lowest BCUT2D eigenvalue weighted by Gasteiger charge is -2.29. The van der Waals surface area contributed by atoms with Crippen LogP contribution in [0.1, 0.15) is 29.2 Å². The molecule has 0 aliphatic carbocycles. The van der Waals surface area contributed by atoms with Crippen molar-refractivity contribution in [2.45, 2.75) is 19.4 Å². The lowest BCUT2D eigenvalue weighted by atomic mass is 9.95. The number of methoxy groups -OCH3 is 1. The van der Waals surface area contributed by atoms with Crippen molar-refractivity contribution < 1.29 is 24.2 Å². The smallest absolute Gasteiger partial charge is 0.295 e. The summed E-state index contributed by atoms with van der Waals surface area (Å²) in [7, 11) is 1.58. The molecule has 8 heteroatoms. The van der Waals surface area contributed by atoms with E-state index in [-0.39, 0.29) is 11.3 Å². The van der Waals surface area contributed by atoms with Crippen LogP contribution in [-0.2, 0) is 14.3 Å². The van der Waals surface area contributed by atoms with Crippen LogP contribution >= 0.6 is 15.9 Å². The number of aliphatic hydroxyl groups is 1. The lowest BCUT2D eigenvalue weighted by Crippen LogP contribution is -2.38. The fourth-order valence-corrected chi connectivity index (χ4v) is 4.84. The van der Waals surface area contributed by atoms with Crippen LogP contribution in [0.15, 0.2) is 52.5 Å². The molecule has 1 unspecified atom stereocenters. The van der Waals surface area contributed by atoms with Gasteiger partial charge in [0, 0.05) is 36.2 Å². The molecule has 1 N–H and O–H groups in total. The molecule has 34 heavy (non-hydrogen) atoms. The van der Waals surface area contributed by atoms with Gasteiger partial charge in [-0.25, -0.2) is 0 Å². The second-order valence-corrected chi connectivity index (χ2v) is 9.45. The molecular formula is C26H29BrN2O5. The molecule has 2 aliphatic heterocycles. The maximum Gasteiger partial charge on any atom is 0.295 e. The van der Waals surface area contributed by atoms with Gasteiger partial charge in [0.1, 0.15) is 11.5 Å². The largest absolute Gasteiger partial charge is 0.507 e. The third-order valence-corrected chi connectivity index (χ3v) is 6.90. The van der Waals surface area contributed by atoms with Crippen LogP contribution in [0.4, 0.5) is 0 Å². The van der Waals surface area contributed by atoms with Crippen molar-refractivity contribution in [1.82, 2.24) is 9.80 Å². The number of ketones is 1. The first kappa shape index (κ1) is 24.4. The predicted molar refractivity (Wildman–Crippen MR) is 133 cm³/mol. The minimum Gasteiger partial charge on any atom is -0.507 e. The van der Waals surface area contributed by atoms with Gasteiger partial charge >= 0.3 is 0 Å². The Bertz CT molecular complexity index is 1090. The normalized spacial score (nSPS) is 20.7. The Morgan fingerprint density at radius 2 is 1.82 bits per heavy atom. The highest BCUT2D eigenvalue weighted by atomic mass is 79.9. The molecule has 4 rings (SSSR count). The number of aryl methyl sites for hydroxylation is 1. The van der Waals surface area contributed by atoms with Gasteiger partial charge in [0.05, 0.1) is 31.9 Å². The number of hydrogen-bond acceptors (Lipinski definition) is 6. The molecule has 0 radical (unpaired) electrons. The molecule has 0 saturated carbocycles. The average molecular weight is 529 g/mol. The third kappa shape index (κ3) is 5.04. The van der Waals surface area contributed by atoms with E-state index in [2.05, 4.69) is 20.8 Å². The van der Waals surface area contributed by atoms with Gasteiger partial charge in [-0.3, -0.25) is 14.5 Å². The Morgan fingerprint density at radius 1 is 1.12 bits per heavy atom. The number of carbonyl (C=O) groups excluding carboxylic acids is 2. The topological polar surface area (TPSA) is 79.3 Å². The number of hydrogen-bond donors (Lipinski definition) is 1. The lowest BCUT2D eigenvalue weighted by molar-refractivity contribution is -0.140. The number of ether oxygens (including phenoxy) is 2. The second kappa shape index (κ2) is 10.7. The predicted octanol–water partition coefficient (Wildman–Crippen LogP) is 3.91. The standard InChI is InChI=1S/C26H29BrN2O5/c1-17-16-19(6-9-21(17)33-2)24(30)22-23(18-4-7-20(27)8-5-18)29(26(32)25(22)31)11-3-10-28-12-14-34-15-13-28/h4-9,16,23,30H,3,10-15H2,1-2H3/b24-22+. The first-order chi connectivity index (χ1) is 16.4. The van der Waals surface area contributed by atoms with E-state index < -0.39 is 17.7 Å². The first-order valence-electron chi connectivity index (χ1n) is 11.4.